The molecular weight excluding hydrogens is 410 g/mol. The van der Waals surface area contributed by atoms with Gasteiger partial charge in [-0.3, -0.25) is 9.89 Å². The number of pyridine rings is 1. The van der Waals surface area contributed by atoms with E-state index < -0.39 is 0 Å². The molecule has 6 nitrogen and oxygen atoms in total. The van der Waals surface area contributed by atoms with Crippen LogP contribution in [-0.4, -0.2) is 73.7 Å². The van der Waals surface area contributed by atoms with Crippen LogP contribution >= 0.6 is 0 Å². The molecule has 1 aromatic heterocycles. The Labute approximate surface area is 198 Å². The molecule has 0 N–H and O–H groups in total. The quantitative estimate of drug-likeness (QED) is 0.408. The van der Waals surface area contributed by atoms with Crippen molar-refractivity contribution in [1.29, 1.82) is 0 Å². The van der Waals surface area contributed by atoms with Crippen LogP contribution in [-0.2, 0) is 17.8 Å². The van der Waals surface area contributed by atoms with Gasteiger partial charge in [0.15, 0.2) is 0 Å². The maximum atomic E-state index is 10.6. The Bertz CT molecular complexity index is 943. The monoisotopic (exact) mass is 447 g/mol. The van der Waals surface area contributed by atoms with E-state index in [2.05, 4.69) is 90.1 Å². The van der Waals surface area contributed by atoms with Crippen LogP contribution in [0.1, 0.15) is 37.0 Å². The predicted molar refractivity (Wildman–Crippen MR) is 138 cm³/mol. The van der Waals surface area contributed by atoms with Crippen LogP contribution in [0.3, 0.4) is 0 Å². The second kappa shape index (κ2) is 12.4. The van der Waals surface area contributed by atoms with Gasteiger partial charge in [0.2, 0.25) is 0 Å². The number of benzene rings is 1. The number of rotatable bonds is 10. The maximum Gasteiger partial charge on any atom is 0.128 e. The van der Waals surface area contributed by atoms with Crippen molar-refractivity contribution in [2.45, 2.75) is 39.4 Å². The van der Waals surface area contributed by atoms with E-state index in [9.17, 15) is 4.79 Å². The van der Waals surface area contributed by atoms with E-state index in [1.165, 1.54) is 11.1 Å². The third-order valence-corrected chi connectivity index (χ3v) is 6.03. The summed E-state index contributed by atoms with van der Waals surface area (Å²) in [6, 6.07) is 12.8. The highest BCUT2D eigenvalue weighted by atomic mass is 16.1. The molecule has 1 aromatic carbocycles. The Kier molecular flexibility index (Phi) is 9.34. The summed E-state index contributed by atoms with van der Waals surface area (Å²) < 4.78 is 0. The number of anilines is 1. The molecule has 3 rings (SSSR count). The van der Waals surface area contributed by atoms with Crippen LogP contribution in [0.15, 0.2) is 53.7 Å². The molecule has 0 aliphatic carbocycles. The molecule has 2 aromatic rings. The van der Waals surface area contributed by atoms with Crippen molar-refractivity contribution >= 4 is 23.9 Å². The SMILES string of the molecule is C/C=C(\C=NC(C)N1CCN(c2ccc(CCC=O)cn2)CC1)c1cccc(CN(C)C)c1. The molecule has 6 heteroatoms. The summed E-state index contributed by atoms with van der Waals surface area (Å²) in [5, 5.41) is 0. The minimum atomic E-state index is 0.130. The van der Waals surface area contributed by atoms with Crippen LogP contribution in [0, 0.1) is 0 Å². The highest BCUT2D eigenvalue weighted by Gasteiger charge is 2.21. The summed E-state index contributed by atoms with van der Waals surface area (Å²) in [5.41, 5.74) is 4.78. The summed E-state index contributed by atoms with van der Waals surface area (Å²) >= 11 is 0. The van der Waals surface area contributed by atoms with Gasteiger partial charge in [-0.05, 0) is 68.8 Å². The normalized spacial score (nSPS) is 16.5. The Hall–Kier alpha value is -2.83. The summed E-state index contributed by atoms with van der Waals surface area (Å²) in [5.74, 6) is 1.01. The van der Waals surface area contributed by atoms with Crippen LogP contribution < -0.4 is 4.90 Å². The van der Waals surface area contributed by atoms with Crippen molar-refractivity contribution in [2.24, 2.45) is 4.99 Å². The van der Waals surface area contributed by atoms with E-state index in [1.54, 1.807) is 0 Å². The van der Waals surface area contributed by atoms with Gasteiger partial charge >= 0.3 is 0 Å². The molecule has 1 unspecified atom stereocenters. The van der Waals surface area contributed by atoms with E-state index in [-0.39, 0.29) is 6.17 Å². The average molecular weight is 448 g/mol. The number of aliphatic imine (C=N–C) groups is 1. The third kappa shape index (κ3) is 7.34. The van der Waals surface area contributed by atoms with Gasteiger partial charge in [0.25, 0.3) is 0 Å². The fourth-order valence-corrected chi connectivity index (χ4v) is 4.11. The predicted octanol–water partition coefficient (Wildman–Crippen LogP) is 3.92. The number of carbonyl (C=O) groups excluding carboxylic acids is 1. The molecule has 1 saturated heterocycles. The lowest BCUT2D eigenvalue weighted by molar-refractivity contribution is -0.107. The summed E-state index contributed by atoms with van der Waals surface area (Å²) in [4.78, 5) is 27.0. The number of hydrogen-bond acceptors (Lipinski definition) is 6. The van der Waals surface area contributed by atoms with Crippen LogP contribution in [0.25, 0.3) is 5.57 Å². The van der Waals surface area contributed by atoms with E-state index >= 15 is 0 Å². The molecule has 176 valence electrons. The lowest BCUT2D eigenvalue weighted by atomic mass is 10.0. The van der Waals surface area contributed by atoms with Gasteiger partial charge in [0.05, 0.1) is 6.17 Å². The topological polar surface area (TPSA) is 52.0 Å². The van der Waals surface area contributed by atoms with Crippen molar-refractivity contribution < 1.29 is 4.79 Å². The highest BCUT2D eigenvalue weighted by molar-refractivity contribution is 6.09. The minimum absolute atomic E-state index is 0.130. The van der Waals surface area contributed by atoms with E-state index in [1.807, 2.05) is 12.4 Å². The Morgan fingerprint density at radius 2 is 1.94 bits per heavy atom. The van der Waals surface area contributed by atoms with Gasteiger partial charge in [-0.25, -0.2) is 4.98 Å². The third-order valence-electron chi connectivity index (χ3n) is 6.03. The van der Waals surface area contributed by atoms with Gasteiger partial charge in [0.1, 0.15) is 12.1 Å². The van der Waals surface area contributed by atoms with Crippen LogP contribution in [0.4, 0.5) is 5.82 Å². The number of nitrogens with zero attached hydrogens (tertiary/aromatic N) is 5. The first kappa shape index (κ1) is 24.8. The largest absolute Gasteiger partial charge is 0.354 e. The Balaban J connectivity index is 1.54. The fourth-order valence-electron chi connectivity index (χ4n) is 4.11. The smallest absolute Gasteiger partial charge is 0.128 e. The molecule has 0 saturated carbocycles. The molecule has 1 fully saturated rings. The molecule has 0 amide bonds. The molecule has 33 heavy (non-hydrogen) atoms. The van der Waals surface area contributed by atoms with Gasteiger partial charge in [0, 0.05) is 51.6 Å². The molecule has 0 spiro atoms. The molecule has 0 bridgehead atoms. The summed E-state index contributed by atoms with van der Waals surface area (Å²) in [6.07, 6.45) is 8.44. The number of piperazine rings is 1. The summed E-state index contributed by atoms with van der Waals surface area (Å²) in [7, 11) is 4.18. The Morgan fingerprint density at radius 3 is 2.58 bits per heavy atom. The molecule has 1 aliphatic heterocycles. The standard InChI is InChI=1S/C27H37N5O/c1-5-25(26-10-6-8-24(18-26)21-30(3)4)20-28-22(2)31-13-15-32(16-14-31)27-12-11-23(19-29-27)9-7-17-33/h5-6,8,10-12,17-20,22H,7,9,13-16,21H2,1-4H3/b25-5+,28-20?. The highest BCUT2D eigenvalue weighted by Crippen LogP contribution is 2.18. The van der Waals surface area contributed by atoms with Gasteiger partial charge in [-0.1, -0.05) is 30.3 Å². The number of allylic oxidation sites excluding steroid dienone is 2. The summed E-state index contributed by atoms with van der Waals surface area (Å²) in [6.45, 7) is 8.95. The zero-order valence-corrected chi connectivity index (χ0v) is 20.4. The van der Waals surface area contributed by atoms with E-state index in [0.29, 0.717) is 6.42 Å². The minimum Gasteiger partial charge on any atom is -0.354 e. The van der Waals surface area contributed by atoms with Crippen molar-refractivity contribution in [3.63, 3.8) is 0 Å². The number of aromatic nitrogens is 1. The van der Waals surface area contributed by atoms with Gasteiger partial charge < -0.3 is 14.6 Å². The number of carbonyl (C=O) groups is 1. The van der Waals surface area contributed by atoms with Crippen molar-refractivity contribution in [3.05, 3.63) is 65.4 Å². The van der Waals surface area contributed by atoms with E-state index in [4.69, 9.17) is 4.99 Å². The fraction of sp³-hybridized carbons (Fsp3) is 0.444. The molecule has 0 radical (unpaired) electrons. The maximum absolute atomic E-state index is 10.6. The Morgan fingerprint density at radius 1 is 1.15 bits per heavy atom. The lowest BCUT2D eigenvalue weighted by Crippen LogP contribution is -2.49. The lowest BCUT2D eigenvalue weighted by Gasteiger charge is -2.37. The van der Waals surface area contributed by atoms with Gasteiger partial charge in [-0.2, -0.15) is 0 Å². The first-order valence-corrected chi connectivity index (χ1v) is 11.8. The molecule has 2 heterocycles. The van der Waals surface area contributed by atoms with Crippen molar-refractivity contribution in [1.82, 2.24) is 14.8 Å². The first-order chi connectivity index (χ1) is 16.0. The number of aryl methyl sites for hydroxylation is 1. The average Bonchev–Trinajstić information content (AvgIpc) is 2.83. The molecule has 1 aliphatic rings. The van der Waals surface area contributed by atoms with Crippen LogP contribution in [0.2, 0.25) is 0 Å². The number of aldehydes is 1. The molecule has 1 atom stereocenters. The second-order valence-electron chi connectivity index (χ2n) is 8.85. The first-order valence-electron chi connectivity index (χ1n) is 11.8. The molecular formula is C27H37N5O. The van der Waals surface area contributed by atoms with Crippen molar-refractivity contribution in [2.75, 3.05) is 45.2 Å². The number of hydrogen-bond donors (Lipinski definition) is 0. The zero-order valence-electron chi connectivity index (χ0n) is 20.4. The van der Waals surface area contributed by atoms with Crippen molar-refractivity contribution in [3.8, 4) is 0 Å². The van der Waals surface area contributed by atoms with Crippen LogP contribution in [0.5, 0.6) is 0 Å². The van der Waals surface area contributed by atoms with Gasteiger partial charge in [-0.15, -0.1) is 0 Å². The zero-order chi connectivity index (χ0) is 23.6. The van der Waals surface area contributed by atoms with E-state index in [0.717, 1.165) is 62.4 Å². The second-order valence-corrected chi connectivity index (χ2v) is 8.85.